The normalized spacial score (nSPS) is 11.7. The number of hydrogen-bond acceptors (Lipinski definition) is 5. The summed E-state index contributed by atoms with van der Waals surface area (Å²) in [6.07, 6.45) is 1.62. The maximum Gasteiger partial charge on any atom is 0.338 e. The second kappa shape index (κ2) is 7.97. The first kappa shape index (κ1) is 18.0. The Morgan fingerprint density at radius 1 is 1.12 bits per heavy atom. The van der Waals surface area contributed by atoms with E-state index in [0.29, 0.717) is 27.5 Å². The van der Waals surface area contributed by atoms with E-state index in [9.17, 15) is 9.00 Å². The molecule has 0 heterocycles. The van der Waals surface area contributed by atoms with Crippen LogP contribution in [0, 0.1) is 6.92 Å². The largest absolute Gasteiger partial charge is 0.493 e. The van der Waals surface area contributed by atoms with Crippen LogP contribution in [0.1, 0.15) is 21.5 Å². The number of esters is 1. The Kier molecular flexibility index (Phi) is 5.98. The van der Waals surface area contributed by atoms with E-state index in [1.807, 2.05) is 13.0 Å². The molecule has 0 amide bonds. The number of hydrogen-bond donors (Lipinski definition) is 0. The van der Waals surface area contributed by atoms with E-state index in [-0.39, 0.29) is 6.61 Å². The number of carbonyl (C=O) groups is 1. The fourth-order valence-corrected chi connectivity index (χ4v) is 3.12. The second-order valence-electron chi connectivity index (χ2n) is 5.16. The van der Waals surface area contributed by atoms with Gasteiger partial charge in [0, 0.05) is 22.8 Å². The second-order valence-corrected chi connectivity index (χ2v) is 6.51. The predicted octanol–water partition coefficient (Wildman–Crippen LogP) is 3.11. The van der Waals surface area contributed by atoms with Crippen LogP contribution in [0.15, 0.2) is 41.3 Å². The zero-order valence-electron chi connectivity index (χ0n) is 14.1. The molecule has 24 heavy (non-hydrogen) atoms. The lowest BCUT2D eigenvalue weighted by molar-refractivity contribution is 0.0597. The minimum atomic E-state index is -1.13. The van der Waals surface area contributed by atoms with Gasteiger partial charge in [-0.3, -0.25) is 4.21 Å². The molecule has 0 saturated heterocycles. The van der Waals surface area contributed by atoms with E-state index < -0.39 is 16.8 Å². The van der Waals surface area contributed by atoms with Gasteiger partial charge < -0.3 is 14.2 Å². The van der Waals surface area contributed by atoms with Crippen molar-refractivity contribution in [3.8, 4) is 11.5 Å². The lowest BCUT2D eigenvalue weighted by Gasteiger charge is -2.15. The van der Waals surface area contributed by atoms with Crippen molar-refractivity contribution in [1.82, 2.24) is 0 Å². The van der Waals surface area contributed by atoms with Gasteiger partial charge in [0.25, 0.3) is 0 Å². The molecule has 2 aromatic rings. The molecule has 6 heteroatoms. The minimum Gasteiger partial charge on any atom is -0.493 e. The molecular formula is C18H20O5S. The number of aryl methyl sites for hydroxylation is 1. The van der Waals surface area contributed by atoms with Gasteiger partial charge >= 0.3 is 5.97 Å². The van der Waals surface area contributed by atoms with Crippen molar-refractivity contribution in [3.05, 3.63) is 53.1 Å². The van der Waals surface area contributed by atoms with Crippen LogP contribution in [0.5, 0.6) is 11.5 Å². The molecule has 0 aliphatic carbocycles. The molecule has 128 valence electrons. The zero-order chi connectivity index (χ0) is 17.7. The van der Waals surface area contributed by atoms with E-state index in [2.05, 4.69) is 0 Å². The average Bonchev–Trinajstić information content (AvgIpc) is 2.59. The molecule has 0 aliphatic heterocycles. The molecule has 5 nitrogen and oxygen atoms in total. The SMILES string of the molecule is COC(=O)c1ccccc1COc1cc(S(C)=O)c(C)cc1OC. The highest BCUT2D eigenvalue weighted by Crippen LogP contribution is 2.32. The van der Waals surface area contributed by atoms with Gasteiger partial charge in [-0.05, 0) is 24.6 Å². The molecule has 1 atom stereocenters. The number of carbonyl (C=O) groups excluding carboxylic acids is 1. The fraction of sp³-hybridized carbons (Fsp3) is 0.278. The van der Waals surface area contributed by atoms with Crippen LogP contribution in [0.25, 0.3) is 0 Å². The van der Waals surface area contributed by atoms with Crippen LogP contribution in [0.3, 0.4) is 0 Å². The van der Waals surface area contributed by atoms with Gasteiger partial charge in [-0.1, -0.05) is 18.2 Å². The van der Waals surface area contributed by atoms with Crippen molar-refractivity contribution in [2.24, 2.45) is 0 Å². The van der Waals surface area contributed by atoms with Crippen molar-refractivity contribution in [2.75, 3.05) is 20.5 Å². The highest BCUT2D eigenvalue weighted by Gasteiger charge is 2.15. The van der Waals surface area contributed by atoms with Gasteiger partial charge in [0.05, 0.1) is 30.6 Å². The third-order valence-electron chi connectivity index (χ3n) is 3.58. The maximum absolute atomic E-state index is 11.8. The third kappa shape index (κ3) is 3.94. The van der Waals surface area contributed by atoms with Gasteiger partial charge in [0.1, 0.15) is 6.61 Å². The van der Waals surface area contributed by atoms with Gasteiger partial charge in [-0.15, -0.1) is 0 Å². The lowest BCUT2D eigenvalue weighted by Crippen LogP contribution is -2.08. The first-order valence-corrected chi connectivity index (χ1v) is 8.84. The molecule has 0 aromatic heterocycles. The van der Waals surface area contributed by atoms with Crippen LogP contribution < -0.4 is 9.47 Å². The van der Waals surface area contributed by atoms with Crippen LogP contribution in [-0.2, 0) is 22.1 Å². The molecule has 0 N–H and O–H groups in total. The van der Waals surface area contributed by atoms with Gasteiger partial charge in [0.15, 0.2) is 11.5 Å². The van der Waals surface area contributed by atoms with Crippen molar-refractivity contribution in [2.45, 2.75) is 18.4 Å². The molecule has 0 fully saturated rings. The zero-order valence-corrected chi connectivity index (χ0v) is 14.9. The fourth-order valence-electron chi connectivity index (χ4n) is 2.34. The molecule has 2 aromatic carbocycles. The predicted molar refractivity (Wildman–Crippen MR) is 92.2 cm³/mol. The Morgan fingerprint density at radius 3 is 2.46 bits per heavy atom. The summed E-state index contributed by atoms with van der Waals surface area (Å²) < 4.78 is 27.8. The molecular weight excluding hydrogens is 328 g/mol. The Balaban J connectivity index is 2.31. The van der Waals surface area contributed by atoms with E-state index in [4.69, 9.17) is 14.2 Å². The quantitative estimate of drug-likeness (QED) is 0.751. The Bertz CT molecular complexity index is 770. The van der Waals surface area contributed by atoms with Gasteiger partial charge in [-0.2, -0.15) is 0 Å². The maximum atomic E-state index is 11.8. The smallest absolute Gasteiger partial charge is 0.338 e. The van der Waals surface area contributed by atoms with Crippen LogP contribution >= 0.6 is 0 Å². The average molecular weight is 348 g/mol. The number of benzene rings is 2. The molecule has 0 saturated carbocycles. The third-order valence-corrected chi connectivity index (χ3v) is 4.64. The highest BCUT2D eigenvalue weighted by molar-refractivity contribution is 7.84. The van der Waals surface area contributed by atoms with E-state index in [1.54, 1.807) is 43.7 Å². The summed E-state index contributed by atoms with van der Waals surface area (Å²) in [4.78, 5) is 12.5. The standard InChI is InChI=1S/C18H20O5S/c1-12-9-15(21-2)16(10-17(12)24(4)20)23-11-13-7-5-6-8-14(13)18(19)22-3/h5-10H,11H2,1-4H3. The van der Waals surface area contributed by atoms with E-state index in [0.717, 1.165) is 5.56 Å². The van der Waals surface area contributed by atoms with Crippen molar-refractivity contribution < 1.29 is 23.2 Å². The summed E-state index contributed by atoms with van der Waals surface area (Å²) in [5.41, 5.74) is 2.02. The highest BCUT2D eigenvalue weighted by atomic mass is 32.2. The summed E-state index contributed by atoms with van der Waals surface area (Å²) >= 11 is 0. The number of ether oxygens (including phenoxy) is 3. The molecule has 0 bridgehead atoms. The molecule has 0 radical (unpaired) electrons. The Morgan fingerprint density at radius 2 is 1.83 bits per heavy atom. The number of methoxy groups -OCH3 is 2. The monoisotopic (exact) mass is 348 g/mol. The lowest BCUT2D eigenvalue weighted by atomic mass is 10.1. The summed E-state index contributed by atoms with van der Waals surface area (Å²) in [6.45, 7) is 2.04. The first-order chi connectivity index (χ1) is 11.5. The van der Waals surface area contributed by atoms with Crippen LogP contribution in [0.2, 0.25) is 0 Å². The van der Waals surface area contributed by atoms with Crippen molar-refractivity contribution in [3.63, 3.8) is 0 Å². The van der Waals surface area contributed by atoms with Gasteiger partial charge in [-0.25, -0.2) is 4.79 Å². The van der Waals surface area contributed by atoms with Gasteiger partial charge in [0.2, 0.25) is 0 Å². The van der Waals surface area contributed by atoms with Crippen LogP contribution in [-0.4, -0.2) is 30.7 Å². The molecule has 2 rings (SSSR count). The summed E-state index contributed by atoms with van der Waals surface area (Å²) in [6, 6.07) is 10.6. The summed E-state index contributed by atoms with van der Waals surface area (Å²) in [5.74, 6) is 0.616. The molecule has 1 unspecified atom stereocenters. The van der Waals surface area contributed by atoms with E-state index >= 15 is 0 Å². The molecule has 0 aliphatic rings. The first-order valence-electron chi connectivity index (χ1n) is 7.29. The topological polar surface area (TPSA) is 61.8 Å². The Hall–Kier alpha value is -2.34. The Labute approximate surface area is 144 Å². The van der Waals surface area contributed by atoms with Crippen molar-refractivity contribution in [1.29, 1.82) is 0 Å². The number of rotatable bonds is 6. The van der Waals surface area contributed by atoms with Crippen LogP contribution in [0.4, 0.5) is 0 Å². The summed E-state index contributed by atoms with van der Waals surface area (Å²) in [7, 11) is 1.76. The van der Waals surface area contributed by atoms with E-state index in [1.165, 1.54) is 7.11 Å². The molecule has 0 spiro atoms. The minimum absolute atomic E-state index is 0.167. The van der Waals surface area contributed by atoms with Crippen molar-refractivity contribution >= 4 is 16.8 Å². The summed E-state index contributed by atoms with van der Waals surface area (Å²) in [5, 5.41) is 0.